The first kappa shape index (κ1) is 23.2. The Hall–Kier alpha value is -2.09. The molecule has 1 heterocycles. The fourth-order valence-corrected chi connectivity index (χ4v) is 4.22. The number of esters is 1. The smallest absolute Gasteiger partial charge is 0.309 e. The van der Waals surface area contributed by atoms with Gasteiger partial charge in [-0.05, 0) is 42.9 Å². The molecule has 7 nitrogen and oxygen atoms in total. The van der Waals surface area contributed by atoms with Gasteiger partial charge in [0.05, 0.1) is 24.5 Å². The van der Waals surface area contributed by atoms with E-state index in [9.17, 15) is 18.0 Å². The van der Waals surface area contributed by atoms with E-state index in [4.69, 9.17) is 4.74 Å². The molecule has 1 fully saturated rings. The van der Waals surface area contributed by atoms with E-state index >= 15 is 0 Å². The summed E-state index contributed by atoms with van der Waals surface area (Å²) in [5.41, 5.74) is 1.50. The van der Waals surface area contributed by atoms with Gasteiger partial charge in [-0.15, -0.1) is 0 Å². The van der Waals surface area contributed by atoms with E-state index in [0.717, 1.165) is 16.1 Å². The van der Waals surface area contributed by atoms with Crippen LogP contribution in [0.15, 0.2) is 24.3 Å². The van der Waals surface area contributed by atoms with E-state index in [0.29, 0.717) is 38.2 Å². The van der Waals surface area contributed by atoms with E-state index in [2.05, 4.69) is 20.8 Å². The molecule has 2 rings (SSSR count). The molecule has 0 aromatic heterocycles. The largest absolute Gasteiger partial charge is 0.466 e. The van der Waals surface area contributed by atoms with Crippen molar-refractivity contribution in [2.45, 2.75) is 46.0 Å². The lowest BCUT2D eigenvalue weighted by molar-refractivity contribution is -0.151. The van der Waals surface area contributed by atoms with Gasteiger partial charge in [-0.3, -0.25) is 13.9 Å². The number of piperidine rings is 1. The molecule has 1 aromatic carbocycles. The van der Waals surface area contributed by atoms with Gasteiger partial charge in [-0.25, -0.2) is 8.42 Å². The minimum absolute atomic E-state index is 0.0481. The van der Waals surface area contributed by atoms with Crippen molar-refractivity contribution < 1.29 is 22.7 Å². The number of rotatable bonds is 6. The Morgan fingerprint density at radius 3 is 2.14 bits per heavy atom. The highest BCUT2D eigenvalue weighted by Crippen LogP contribution is 2.26. The summed E-state index contributed by atoms with van der Waals surface area (Å²) in [6.45, 7) is 8.95. The zero-order valence-corrected chi connectivity index (χ0v) is 18.8. The van der Waals surface area contributed by atoms with Gasteiger partial charge in [0.1, 0.15) is 6.54 Å². The summed E-state index contributed by atoms with van der Waals surface area (Å²) < 4.78 is 30.9. The third-order valence-corrected chi connectivity index (χ3v) is 6.31. The van der Waals surface area contributed by atoms with Crippen LogP contribution in [-0.4, -0.2) is 57.7 Å². The van der Waals surface area contributed by atoms with Crippen LogP contribution in [-0.2, 0) is 29.8 Å². The van der Waals surface area contributed by atoms with Gasteiger partial charge in [0, 0.05) is 13.1 Å². The summed E-state index contributed by atoms with van der Waals surface area (Å²) in [4.78, 5) is 26.2. The molecule has 1 saturated heterocycles. The van der Waals surface area contributed by atoms with Crippen LogP contribution in [0.1, 0.15) is 46.1 Å². The van der Waals surface area contributed by atoms with Crippen LogP contribution in [0.3, 0.4) is 0 Å². The Morgan fingerprint density at radius 2 is 1.69 bits per heavy atom. The quantitative estimate of drug-likeness (QED) is 0.656. The second-order valence-corrected chi connectivity index (χ2v) is 10.4. The molecule has 0 radical (unpaired) electrons. The average Bonchev–Trinajstić information content (AvgIpc) is 2.64. The molecular weight excluding hydrogens is 392 g/mol. The predicted octanol–water partition coefficient (Wildman–Crippen LogP) is 2.55. The predicted molar refractivity (Wildman–Crippen MR) is 113 cm³/mol. The van der Waals surface area contributed by atoms with Crippen LogP contribution in [0.5, 0.6) is 0 Å². The summed E-state index contributed by atoms with van der Waals surface area (Å²) >= 11 is 0. The Balaban J connectivity index is 2.08. The number of carbonyl (C=O) groups excluding carboxylic acids is 2. The van der Waals surface area contributed by atoms with Crippen LogP contribution < -0.4 is 4.31 Å². The zero-order valence-electron chi connectivity index (χ0n) is 18.0. The average molecular weight is 425 g/mol. The minimum atomic E-state index is -3.62. The van der Waals surface area contributed by atoms with Crippen molar-refractivity contribution in [1.82, 2.24) is 4.90 Å². The van der Waals surface area contributed by atoms with Crippen LogP contribution in [0, 0.1) is 5.92 Å². The number of ether oxygens (including phenoxy) is 1. The van der Waals surface area contributed by atoms with Crippen LogP contribution in [0.25, 0.3) is 0 Å². The van der Waals surface area contributed by atoms with Crippen molar-refractivity contribution >= 4 is 27.6 Å². The van der Waals surface area contributed by atoms with Gasteiger partial charge in [-0.2, -0.15) is 0 Å². The standard InChI is InChI=1S/C21H32N2O5S/c1-6-28-20(25)16-11-13-22(14-12-16)19(24)15-23(29(5,26)27)18-9-7-17(8-10-18)21(2,3)4/h7-10,16H,6,11-15H2,1-5H3. The molecule has 0 N–H and O–H groups in total. The van der Waals surface area contributed by atoms with E-state index in [1.807, 2.05) is 12.1 Å². The maximum Gasteiger partial charge on any atom is 0.309 e. The first-order chi connectivity index (χ1) is 13.4. The molecule has 0 bridgehead atoms. The lowest BCUT2D eigenvalue weighted by atomic mass is 9.87. The van der Waals surface area contributed by atoms with Crippen LogP contribution in [0.2, 0.25) is 0 Å². The van der Waals surface area contributed by atoms with E-state index in [-0.39, 0.29) is 29.8 Å². The number of hydrogen-bond donors (Lipinski definition) is 0. The Labute approximate surface area is 174 Å². The molecule has 29 heavy (non-hydrogen) atoms. The van der Waals surface area contributed by atoms with Crippen LogP contribution in [0.4, 0.5) is 5.69 Å². The molecule has 8 heteroatoms. The molecule has 0 saturated carbocycles. The number of hydrogen-bond acceptors (Lipinski definition) is 5. The number of carbonyl (C=O) groups is 2. The molecule has 1 aromatic rings. The number of sulfonamides is 1. The summed E-state index contributed by atoms with van der Waals surface area (Å²) in [7, 11) is -3.62. The number of likely N-dealkylation sites (tertiary alicyclic amines) is 1. The van der Waals surface area contributed by atoms with Gasteiger partial charge in [-0.1, -0.05) is 32.9 Å². The third-order valence-electron chi connectivity index (χ3n) is 5.17. The number of benzene rings is 1. The van der Waals surface area contributed by atoms with Gasteiger partial charge < -0.3 is 9.64 Å². The topological polar surface area (TPSA) is 84.0 Å². The third kappa shape index (κ3) is 6.19. The van der Waals surface area contributed by atoms with Crippen molar-refractivity contribution in [3.8, 4) is 0 Å². The van der Waals surface area contributed by atoms with Gasteiger partial charge in [0.25, 0.3) is 0 Å². The summed E-state index contributed by atoms with van der Waals surface area (Å²) in [5, 5.41) is 0. The van der Waals surface area contributed by atoms with Crippen molar-refractivity contribution in [1.29, 1.82) is 0 Å². The monoisotopic (exact) mass is 424 g/mol. The lowest BCUT2D eigenvalue weighted by Gasteiger charge is -2.32. The van der Waals surface area contributed by atoms with E-state index in [1.165, 1.54) is 0 Å². The second kappa shape index (κ2) is 9.15. The van der Waals surface area contributed by atoms with Crippen LogP contribution >= 0.6 is 0 Å². The lowest BCUT2D eigenvalue weighted by Crippen LogP contribution is -2.46. The fourth-order valence-electron chi connectivity index (χ4n) is 3.38. The minimum Gasteiger partial charge on any atom is -0.466 e. The van der Waals surface area contributed by atoms with Crippen molar-refractivity contribution in [2.75, 3.05) is 36.8 Å². The first-order valence-electron chi connectivity index (χ1n) is 9.96. The highest BCUT2D eigenvalue weighted by molar-refractivity contribution is 7.92. The number of amides is 1. The van der Waals surface area contributed by atoms with Crippen molar-refractivity contribution in [3.63, 3.8) is 0 Å². The molecule has 0 aliphatic carbocycles. The summed E-state index contributed by atoms with van der Waals surface area (Å²) in [5.74, 6) is -0.691. The van der Waals surface area contributed by atoms with Crippen molar-refractivity contribution in [3.05, 3.63) is 29.8 Å². The fraction of sp³-hybridized carbons (Fsp3) is 0.619. The summed E-state index contributed by atoms with van der Waals surface area (Å²) in [6.07, 6.45) is 2.17. The maximum absolute atomic E-state index is 12.8. The Kier molecular flexibility index (Phi) is 7.32. The van der Waals surface area contributed by atoms with E-state index < -0.39 is 10.0 Å². The molecule has 1 amide bonds. The maximum atomic E-state index is 12.8. The highest BCUT2D eigenvalue weighted by atomic mass is 32.2. The number of anilines is 1. The van der Waals surface area contributed by atoms with Gasteiger partial charge in [0.2, 0.25) is 15.9 Å². The molecular formula is C21H32N2O5S. The molecule has 0 atom stereocenters. The van der Waals surface area contributed by atoms with Gasteiger partial charge >= 0.3 is 5.97 Å². The Bertz CT molecular complexity index is 820. The molecule has 0 unspecified atom stereocenters. The van der Waals surface area contributed by atoms with E-state index in [1.54, 1.807) is 24.0 Å². The zero-order chi connectivity index (χ0) is 21.8. The molecule has 162 valence electrons. The summed E-state index contributed by atoms with van der Waals surface area (Å²) in [6, 6.07) is 7.26. The highest BCUT2D eigenvalue weighted by Gasteiger charge is 2.30. The van der Waals surface area contributed by atoms with Gasteiger partial charge in [0.15, 0.2) is 0 Å². The SMILES string of the molecule is CCOC(=O)C1CCN(C(=O)CN(c2ccc(C(C)(C)C)cc2)S(C)(=O)=O)CC1. The second-order valence-electron chi connectivity index (χ2n) is 8.47. The van der Waals surface area contributed by atoms with Crippen molar-refractivity contribution in [2.24, 2.45) is 5.92 Å². The first-order valence-corrected chi connectivity index (χ1v) is 11.8. The molecule has 1 aliphatic heterocycles. The Morgan fingerprint density at radius 1 is 1.14 bits per heavy atom. The molecule has 0 spiro atoms. The normalized spacial score (nSPS) is 15.8. The number of nitrogens with zero attached hydrogens (tertiary/aromatic N) is 2. The molecule has 1 aliphatic rings.